The summed E-state index contributed by atoms with van der Waals surface area (Å²) >= 11 is 0. The van der Waals surface area contributed by atoms with Gasteiger partial charge in [-0.05, 0) is 69.6 Å². The molecule has 0 radical (unpaired) electrons. The van der Waals surface area contributed by atoms with Gasteiger partial charge in [-0.3, -0.25) is 4.79 Å². The number of fused-ring (bicyclic) bond motifs is 1. The first-order valence-electron chi connectivity index (χ1n) is 13.3. The van der Waals surface area contributed by atoms with Gasteiger partial charge in [0.1, 0.15) is 5.82 Å². The molecule has 0 atom stereocenters. The molecule has 5 heteroatoms. The molecule has 1 aromatic carbocycles. The minimum absolute atomic E-state index is 0.275. The molecule has 2 fully saturated rings. The predicted octanol–water partition coefficient (Wildman–Crippen LogP) is 6.55. The fourth-order valence-electron chi connectivity index (χ4n) is 6.26. The second-order valence-corrected chi connectivity index (χ2v) is 10.2. The number of imidazole rings is 1. The van der Waals surface area contributed by atoms with E-state index in [0.717, 1.165) is 42.2 Å². The predicted molar refractivity (Wildman–Crippen MR) is 133 cm³/mol. The van der Waals surface area contributed by atoms with Crippen molar-refractivity contribution in [3.8, 4) is 6.07 Å². The second-order valence-electron chi connectivity index (χ2n) is 10.2. The lowest BCUT2D eigenvalue weighted by atomic mass is 9.79. The number of nitrogens with zero attached hydrogens (tertiary/aromatic N) is 4. The van der Waals surface area contributed by atoms with Crippen LogP contribution in [-0.4, -0.2) is 32.9 Å². The van der Waals surface area contributed by atoms with Gasteiger partial charge in [0.25, 0.3) is 0 Å². The van der Waals surface area contributed by atoms with E-state index in [1.165, 1.54) is 57.8 Å². The summed E-state index contributed by atoms with van der Waals surface area (Å²) in [7, 11) is 0. The van der Waals surface area contributed by atoms with Crippen LogP contribution in [0, 0.1) is 17.2 Å². The minimum atomic E-state index is 0.275. The van der Waals surface area contributed by atoms with Gasteiger partial charge in [0, 0.05) is 31.5 Å². The average Bonchev–Trinajstić information content (AvgIpc) is 3.22. The molecule has 1 aromatic heterocycles. The minimum Gasteiger partial charge on any atom is -0.340 e. The van der Waals surface area contributed by atoms with Gasteiger partial charge < -0.3 is 9.47 Å². The molecule has 0 aliphatic heterocycles. The maximum absolute atomic E-state index is 13.3. The lowest BCUT2D eigenvalue weighted by molar-refractivity contribution is -0.134. The third-order valence-corrected chi connectivity index (χ3v) is 8.04. The number of aryl methyl sites for hydroxylation is 1. The zero-order valence-electron chi connectivity index (χ0n) is 20.6. The molecule has 178 valence electrons. The number of benzene rings is 1. The van der Waals surface area contributed by atoms with Crippen LogP contribution in [0.15, 0.2) is 18.2 Å². The number of rotatable bonds is 8. The number of aromatic nitrogens is 2. The summed E-state index contributed by atoms with van der Waals surface area (Å²) in [4.78, 5) is 20.4. The molecule has 0 unspecified atom stereocenters. The van der Waals surface area contributed by atoms with Crippen LogP contribution < -0.4 is 0 Å². The Balaban J connectivity index is 1.54. The van der Waals surface area contributed by atoms with Crippen LogP contribution >= 0.6 is 0 Å². The molecule has 4 rings (SSSR count). The van der Waals surface area contributed by atoms with Gasteiger partial charge in [-0.15, -0.1) is 0 Å². The second kappa shape index (κ2) is 11.2. The van der Waals surface area contributed by atoms with Gasteiger partial charge in [0.2, 0.25) is 5.91 Å². The molecule has 0 saturated heterocycles. The number of hydrogen-bond acceptors (Lipinski definition) is 3. The van der Waals surface area contributed by atoms with Gasteiger partial charge in [0.15, 0.2) is 0 Å². The molecule has 2 aliphatic rings. The highest BCUT2D eigenvalue weighted by atomic mass is 16.2. The number of carbonyl (C=O) groups excluding carboxylic acids is 1. The number of nitriles is 1. The van der Waals surface area contributed by atoms with Crippen LogP contribution in [0.1, 0.15) is 108 Å². The van der Waals surface area contributed by atoms with Crippen molar-refractivity contribution >= 4 is 16.9 Å². The van der Waals surface area contributed by atoms with E-state index in [1.54, 1.807) is 0 Å². The topological polar surface area (TPSA) is 61.9 Å². The largest absolute Gasteiger partial charge is 0.340 e. The molecular formula is C28H40N4O. The molecule has 1 amide bonds. The van der Waals surface area contributed by atoms with Crippen LogP contribution in [-0.2, 0) is 11.3 Å². The number of amides is 1. The Morgan fingerprint density at radius 3 is 2.55 bits per heavy atom. The van der Waals surface area contributed by atoms with E-state index in [0.29, 0.717) is 30.5 Å². The highest BCUT2D eigenvalue weighted by Gasteiger charge is 2.28. The van der Waals surface area contributed by atoms with Crippen molar-refractivity contribution in [2.45, 2.75) is 109 Å². The highest BCUT2D eigenvalue weighted by Crippen LogP contribution is 2.38. The Kier molecular flexibility index (Phi) is 8.06. The van der Waals surface area contributed by atoms with Crippen LogP contribution in [0.4, 0.5) is 0 Å². The maximum atomic E-state index is 13.3. The molecule has 2 aliphatic carbocycles. The Bertz CT molecular complexity index is 974. The molecule has 0 spiro atoms. The smallest absolute Gasteiger partial charge is 0.224 e. The summed E-state index contributed by atoms with van der Waals surface area (Å²) in [5, 5.41) is 9.35. The summed E-state index contributed by atoms with van der Waals surface area (Å²) in [6, 6.07) is 8.47. The van der Waals surface area contributed by atoms with E-state index in [1.807, 2.05) is 18.2 Å². The van der Waals surface area contributed by atoms with Gasteiger partial charge in [0.05, 0.1) is 22.7 Å². The summed E-state index contributed by atoms with van der Waals surface area (Å²) in [5.74, 6) is 2.71. The first kappa shape index (κ1) is 23.8. The van der Waals surface area contributed by atoms with Crippen molar-refractivity contribution in [2.24, 2.45) is 5.92 Å². The van der Waals surface area contributed by atoms with Crippen molar-refractivity contribution in [1.82, 2.24) is 14.5 Å². The normalized spacial score (nSPS) is 21.7. The summed E-state index contributed by atoms with van der Waals surface area (Å²) in [5.41, 5.74) is 2.61. The molecule has 5 nitrogen and oxygen atoms in total. The standard InChI is InChI=1S/C28H40N4O/c1-3-8-21-11-14-23(15-12-21)28-30-25-19-22(20-29)13-16-26(25)32(28)18-17-27(33)31(4-2)24-9-6-5-7-10-24/h13,16,19,21,23-24H,3-12,14-15,17-18H2,1-2H3. The zero-order chi connectivity index (χ0) is 23.2. The van der Waals surface area contributed by atoms with Crippen molar-refractivity contribution < 1.29 is 4.79 Å². The third-order valence-electron chi connectivity index (χ3n) is 8.04. The first-order chi connectivity index (χ1) is 16.1. The number of carbonyl (C=O) groups is 1. The van der Waals surface area contributed by atoms with E-state index in [9.17, 15) is 10.1 Å². The number of hydrogen-bond donors (Lipinski definition) is 0. The SMILES string of the molecule is CCCC1CCC(c2nc3cc(C#N)ccc3n2CCC(=O)N(CC)C2CCCCC2)CC1. The lowest BCUT2D eigenvalue weighted by Gasteiger charge is -2.34. The van der Waals surface area contributed by atoms with Crippen molar-refractivity contribution in [3.05, 3.63) is 29.6 Å². The maximum Gasteiger partial charge on any atom is 0.224 e. The lowest BCUT2D eigenvalue weighted by Crippen LogP contribution is -2.41. The Labute approximate surface area is 199 Å². The van der Waals surface area contributed by atoms with Gasteiger partial charge >= 0.3 is 0 Å². The summed E-state index contributed by atoms with van der Waals surface area (Å²) in [6.45, 7) is 5.87. The van der Waals surface area contributed by atoms with Gasteiger partial charge in [-0.25, -0.2) is 4.98 Å². The molecular weight excluding hydrogens is 408 g/mol. The molecule has 0 N–H and O–H groups in total. The van der Waals surface area contributed by atoms with Crippen LogP contribution in [0.2, 0.25) is 0 Å². The van der Waals surface area contributed by atoms with E-state index < -0.39 is 0 Å². The van der Waals surface area contributed by atoms with Gasteiger partial charge in [-0.1, -0.05) is 39.0 Å². The molecule has 2 aromatic rings. The summed E-state index contributed by atoms with van der Waals surface area (Å²) in [6.07, 6.45) is 14.1. The Hall–Kier alpha value is -2.35. The fourth-order valence-corrected chi connectivity index (χ4v) is 6.26. The Morgan fingerprint density at radius 2 is 1.88 bits per heavy atom. The highest BCUT2D eigenvalue weighted by molar-refractivity contribution is 5.79. The van der Waals surface area contributed by atoms with Gasteiger partial charge in [-0.2, -0.15) is 5.26 Å². The quantitative estimate of drug-likeness (QED) is 0.460. The Morgan fingerprint density at radius 1 is 1.12 bits per heavy atom. The monoisotopic (exact) mass is 448 g/mol. The van der Waals surface area contributed by atoms with Crippen LogP contribution in [0.5, 0.6) is 0 Å². The average molecular weight is 449 g/mol. The van der Waals surface area contributed by atoms with Crippen molar-refractivity contribution in [2.75, 3.05) is 6.54 Å². The fraction of sp³-hybridized carbons (Fsp3) is 0.679. The van der Waals surface area contributed by atoms with Crippen molar-refractivity contribution in [1.29, 1.82) is 5.26 Å². The van der Waals surface area contributed by atoms with E-state index in [2.05, 4.69) is 29.4 Å². The molecule has 33 heavy (non-hydrogen) atoms. The van der Waals surface area contributed by atoms with E-state index in [4.69, 9.17) is 4.98 Å². The van der Waals surface area contributed by atoms with Crippen LogP contribution in [0.25, 0.3) is 11.0 Å². The van der Waals surface area contributed by atoms with Crippen molar-refractivity contribution in [3.63, 3.8) is 0 Å². The molecule has 2 saturated carbocycles. The zero-order valence-corrected chi connectivity index (χ0v) is 20.6. The summed E-state index contributed by atoms with van der Waals surface area (Å²) < 4.78 is 2.30. The first-order valence-corrected chi connectivity index (χ1v) is 13.3. The van der Waals surface area contributed by atoms with Crippen LogP contribution in [0.3, 0.4) is 0 Å². The molecule has 0 bridgehead atoms. The van der Waals surface area contributed by atoms with E-state index >= 15 is 0 Å². The third kappa shape index (κ3) is 5.42. The van der Waals surface area contributed by atoms with E-state index in [-0.39, 0.29) is 5.91 Å². The molecule has 1 heterocycles.